The predicted molar refractivity (Wildman–Crippen MR) is 103 cm³/mol. The van der Waals surface area contributed by atoms with Crippen LogP contribution in [-0.2, 0) is 9.53 Å². The number of nitrogens with one attached hydrogen (secondary N) is 1. The zero-order valence-electron chi connectivity index (χ0n) is 15.4. The first-order valence-electron chi connectivity index (χ1n) is 9.58. The Hall–Kier alpha value is -2.32. The maximum atomic E-state index is 11.7. The molecule has 5 heteroatoms. The van der Waals surface area contributed by atoms with Crippen molar-refractivity contribution in [3.05, 3.63) is 35.4 Å². The highest BCUT2D eigenvalue weighted by Crippen LogP contribution is 2.28. The van der Waals surface area contributed by atoms with Gasteiger partial charge < -0.3 is 15.0 Å². The summed E-state index contributed by atoms with van der Waals surface area (Å²) in [5.41, 5.74) is 2.07. The monoisotopic (exact) mass is 353 g/mol. The van der Waals surface area contributed by atoms with Gasteiger partial charge in [-0.3, -0.25) is 0 Å². The lowest BCUT2D eigenvalue weighted by Crippen LogP contribution is -2.40. The van der Waals surface area contributed by atoms with Crippen LogP contribution in [0.25, 0.3) is 6.08 Å². The van der Waals surface area contributed by atoms with E-state index in [2.05, 4.69) is 22.3 Å². The number of nitriles is 1. The zero-order valence-corrected chi connectivity index (χ0v) is 15.4. The van der Waals surface area contributed by atoms with Gasteiger partial charge in [0.15, 0.2) is 0 Å². The fraction of sp³-hybridized carbons (Fsp3) is 0.524. The van der Waals surface area contributed by atoms with Gasteiger partial charge in [-0.1, -0.05) is 12.1 Å². The van der Waals surface area contributed by atoms with Gasteiger partial charge in [0, 0.05) is 24.8 Å². The largest absolute Gasteiger partial charge is 0.462 e. The Morgan fingerprint density at radius 3 is 2.62 bits per heavy atom. The quantitative estimate of drug-likeness (QED) is 0.500. The Labute approximate surface area is 155 Å². The lowest BCUT2D eigenvalue weighted by molar-refractivity contribution is -0.137. The lowest BCUT2D eigenvalue weighted by atomic mass is 9.88. The molecular formula is C21H27N3O2. The third kappa shape index (κ3) is 4.44. The summed E-state index contributed by atoms with van der Waals surface area (Å²) < 4.78 is 4.90. The van der Waals surface area contributed by atoms with Gasteiger partial charge in [-0.05, 0) is 68.8 Å². The molecule has 0 bridgehead atoms. The molecule has 2 aliphatic heterocycles. The second-order valence-corrected chi connectivity index (χ2v) is 7.01. The number of rotatable bonds is 5. The Kier molecular flexibility index (Phi) is 6.30. The number of nitrogens with zero attached hydrogens (tertiary/aromatic N) is 2. The summed E-state index contributed by atoms with van der Waals surface area (Å²) >= 11 is 0. The summed E-state index contributed by atoms with van der Waals surface area (Å²) in [7, 11) is 0. The Bertz CT molecular complexity index is 676. The van der Waals surface area contributed by atoms with Gasteiger partial charge >= 0.3 is 5.97 Å². The van der Waals surface area contributed by atoms with E-state index in [1.54, 1.807) is 13.0 Å². The molecule has 2 saturated heterocycles. The van der Waals surface area contributed by atoms with Gasteiger partial charge in [-0.25, -0.2) is 4.79 Å². The normalized spacial score (nSPS) is 21.5. The molecule has 0 aromatic heterocycles. The SMILES string of the molecule is CCOC(=O)/C(C#N)=C/c1ccc(N2CCC(C3CCCN3)CC2)cc1. The van der Waals surface area contributed by atoms with Crippen LogP contribution in [0.1, 0.15) is 38.2 Å². The molecule has 2 fully saturated rings. The summed E-state index contributed by atoms with van der Waals surface area (Å²) in [4.78, 5) is 14.1. The average molecular weight is 353 g/mol. The van der Waals surface area contributed by atoms with Crippen LogP contribution in [0.15, 0.2) is 29.8 Å². The summed E-state index contributed by atoms with van der Waals surface area (Å²) in [5.74, 6) is 0.236. The highest BCUT2D eigenvalue weighted by Gasteiger charge is 2.28. The summed E-state index contributed by atoms with van der Waals surface area (Å²) in [6.07, 6.45) is 6.70. The maximum absolute atomic E-state index is 11.7. The second-order valence-electron chi connectivity index (χ2n) is 7.01. The third-order valence-electron chi connectivity index (χ3n) is 5.39. The first-order valence-corrected chi connectivity index (χ1v) is 9.58. The fourth-order valence-electron chi connectivity index (χ4n) is 3.97. The van der Waals surface area contributed by atoms with Crippen LogP contribution < -0.4 is 10.2 Å². The minimum absolute atomic E-state index is 0.0319. The molecule has 0 radical (unpaired) electrons. The van der Waals surface area contributed by atoms with Crippen LogP contribution in [0.4, 0.5) is 5.69 Å². The van der Waals surface area contributed by atoms with Crippen LogP contribution in [0, 0.1) is 17.2 Å². The molecule has 1 unspecified atom stereocenters. The van der Waals surface area contributed by atoms with Crippen LogP contribution in [0.3, 0.4) is 0 Å². The maximum Gasteiger partial charge on any atom is 0.348 e. The van der Waals surface area contributed by atoms with Gasteiger partial charge in [-0.2, -0.15) is 5.26 Å². The number of carbonyl (C=O) groups excluding carboxylic acids is 1. The van der Waals surface area contributed by atoms with E-state index in [1.165, 1.54) is 37.9 Å². The van der Waals surface area contributed by atoms with E-state index in [9.17, 15) is 4.79 Å². The topological polar surface area (TPSA) is 65.4 Å². The fourth-order valence-corrected chi connectivity index (χ4v) is 3.97. The standard InChI is InChI=1S/C21H27N3O2/c1-2-26-21(25)18(15-22)14-16-5-7-19(8-6-16)24-12-9-17(10-13-24)20-4-3-11-23-20/h5-8,14,17,20,23H,2-4,9-13H2,1H3/b18-14+. The molecule has 1 aromatic rings. The second kappa shape index (κ2) is 8.86. The lowest BCUT2D eigenvalue weighted by Gasteiger charge is -2.36. The molecule has 1 N–H and O–H groups in total. The molecule has 2 aliphatic rings. The minimum atomic E-state index is -0.568. The number of piperidine rings is 1. The third-order valence-corrected chi connectivity index (χ3v) is 5.39. The number of carbonyl (C=O) groups is 1. The van der Waals surface area contributed by atoms with Crippen molar-refractivity contribution in [2.75, 3.05) is 31.1 Å². The minimum Gasteiger partial charge on any atom is -0.462 e. The van der Waals surface area contributed by atoms with Gasteiger partial charge in [0.2, 0.25) is 0 Å². The summed E-state index contributed by atoms with van der Waals surface area (Å²) in [6.45, 7) is 5.35. The van der Waals surface area contributed by atoms with Crippen LogP contribution in [-0.4, -0.2) is 38.3 Å². The van der Waals surface area contributed by atoms with Crippen molar-refractivity contribution in [3.8, 4) is 6.07 Å². The predicted octanol–water partition coefficient (Wildman–Crippen LogP) is 3.13. The van der Waals surface area contributed by atoms with Crippen molar-refractivity contribution in [2.45, 2.75) is 38.6 Å². The average Bonchev–Trinajstić information content (AvgIpc) is 3.22. The molecule has 3 rings (SSSR count). The van der Waals surface area contributed by atoms with Crippen LogP contribution in [0.5, 0.6) is 0 Å². The van der Waals surface area contributed by atoms with E-state index in [-0.39, 0.29) is 12.2 Å². The van der Waals surface area contributed by atoms with Gasteiger partial charge in [0.1, 0.15) is 11.6 Å². The number of ether oxygens (including phenoxy) is 1. The van der Waals surface area contributed by atoms with Crippen LogP contribution in [0.2, 0.25) is 0 Å². The Balaban J connectivity index is 1.59. The van der Waals surface area contributed by atoms with Crippen molar-refractivity contribution >= 4 is 17.7 Å². The molecular weight excluding hydrogens is 326 g/mol. The van der Waals surface area contributed by atoms with Crippen molar-refractivity contribution in [2.24, 2.45) is 5.92 Å². The number of hydrogen-bond acceptors (Lipinski definition) is 5. The van der Waals surface area contributed by atoms with Gasteiger partial charge in [-0.15, -0.1) is 0 Å². The number of anilines is 1. The number of benzene rings is 1. The molecule has 2 heterocycles. The Morgan fingerprint density at radius 1 is 1.31 bits per heavy atom. The molecule has 0 saturated carbocycles. The van der Waals surface area contributed by atoms with E-state index >= 15 is 0 Å². The van der Waals surface area contributed by atoms with Crippen molar-refractivity contribution in [1.29, 1.82) is 5.26 Å². The Morgan fingerprint density at radius 2 is 2.04 bits per heavy atom. The molecule has 1 atom stereocenters. The zero-order chi connectivity index (χ0) is 18.4. The van der Waals surface area contributed by atoms with E-state index < -0.39 is 5.97 Å². The first-order chi connectivity index (χ1) is 12.7. The smallest absolute Gasteiger partial charge is 0.348 e. The molecule has 0 spiro atoms. The molecule has 5 nitrogen and oxygen atoms in total. The van der Waals surface area contributed by atoms with Gasteiger partial charge in [0.25, 0.3) is 0 Å². The summed E-state index contributed by atoms with van der Waals surface area (Å²) in [5, 5.41) is 12.8. The van der Waals surface area contributed by atoms with Gasteiger partial charge in [0.05, 0.1) is 6.61 Å². The molecule has 1 aromatic carbocycles. The molecule has 0 amide bonds. The molecule has 26 heavy (non-hydrogen) atoms. The summed E-state index contributed by atoms with van der Waals surface area (Å²) in [6, 6.07) is 10.7. The number of hydrogen-bond donors (Lipinski definition) is 1. The van der Waals surface area contributed by atoms with E-state index in [0.717, 1.165) is 30.6 Å². The van der Waals surface area contributed by atoms with E-state index in [1.807, 2.05) is 18.2 Å². The van der Waals surface area contributed by atoms with Crippen LogP contribution >= 0.6 is 0 Å². The first kappa shape index (κ1) is 18.5. The van der Waals surface area contributed by atoms with E-state index in [4.69, 9.17) is 10.00 Å². The highest BCUT2D eigenvalue weighted by molar-refractivity contribution is 5.97. The van der Waals surface area contributed by atoms with Crippen molar-refractivity contribution < 1.29 is 9.53 Å². The molecule has 0 aliphatic carbocycles. The van der Waals surface area contributed by atoms with Crippen molar-refractivity contribution in [3.63, 3.8) is 0 Å². The van der Waals surface area contributed by atoms with E-state index in [0.29, 0.717) is 0 Å². The number of esters is 1. The van der Waals surface area contributed by atoms with Crippen molar-refractivity contribution in [1.82, 2.24) is 5.32 Å². The molecule has 138 valence electrons. The highest BCUT2D eigenvalue weighted by atomic mass is 16.5.